The second-order valence-electron chi connectivity index (χ2n) is 5.48. The van der Waals surface area contributed by atoms with Gasteiger partial charge in [-0.1, -0.05) is 25.1 Å². The van der Waals surface area contributed by atoms with Crippen molar-refractivity contribution in [3.05, 3.63) is 41.4 Å². The van der Waals surface area contributed by atoms with E-state index < -0.39 is 0 Å². The second-order valence-corrected chi connectivity index (χ2v) is 6.63. The van der Waals surface area contributed by atoms with Gasteiger partial charge < -0.3 is 10.6 Å². The van der Waals surface area contributed by atoms with Gasteiger partial charge in [-0.2, -0.15) is 0 Å². The molecule has 2 heterocycles. The Morgan fingerprint density at radius 2 is 2.10 bits per heavy atom. The summed E-state index contributed by atoms with van der Waals surface area (Å²) in [6, 6.07) is 11.3. The van der Waals surface area contributed by atoms with Crippen molar-refractivity contribution in [2.45, 2.75) is 25.9 Å². The topological polar surface area (TPSA) is 45.4 Å². The number of hydrogen-bond donors (Lipinski definition) is 1. The Labute approximate surface area is 130 Å². The predicted molar refractivity (Wildman–Crippen MR) is 89.7 cm³/mol. The van der Waals surface area contributed by atoms with E-state index in [2.05, 4.69) is 52.0 Å². The van der Waals surface area contributed by atoms with Crippen LogP contribution in [0.5, 0.6) is 0 Å². The number of nitrogens with zero attached hydrogens (tertiary/aromatic N) is 3. The molecule has 1 fully saturated rings. The van der Waals surface area contributed by atoms with Gasteiger partial charge in [-0.05, 0) is 18.6 Å². The highest BCUT2D eigenvalue weighted by atomic mass is 32.1. The normalized spacial score (nSPS) is 19.9. The van der Waals surface area contributed by atoms with Gasteiger partial charge in [0, 0.05) is 49.0 Å². The Hall–Kier alpha value is -1.59. The van der Waals surface area contributed by atoms with Crippen molar-refractivity contribution >= 4 is 22.2 Å². The first-order valence-electron chi connectivity index (χ1n) is 7.50. The van der Waals surface area contributed by atoms with E-state index in [4.69, 9.17) is 5.73 Å². The molecule has 5 heteroatoms. The van der Waals surface area contributed by atoms with Crippen LogP contribution in [0.25, 0.3) is 0 Å². The standard InChI is InChI=1S/C16H22N4S/c1-2-13-11-19(14-6-4-3-5-7-14)8-9-20(13)12-15-10-18-16(17)21-15/h3-7,10,13H,2,8-9,11-12H2,1H3,(H2,17,18). The molecule has 1 aliphatic heterocycles. The number of rotatable bonds is 4. The van der Waals surface area contributed by atoms with Crippen LogP contribution in [0, 0.1) is 0 Å². The molecule has 2 N–H and O–H groups in total. The molecule has 1 aromatic carbocycles. The highest BCUT2D eigenvalue weighted by molar-refractivity contribution is 7.15. The first-order valence-corrected chi connectivity index (χ1v) is 8.32. The molecular weight excluding hydrogens is 280 g/mol. The molecular formula is C16H22N4S. The maximum atomic E-state index is 5.73. The lowest BCUT2D eigenvalue weighted by Crippen LogP contribution is -2.52. The van der Waals surface area contributed by atoms with E-state index >= 15 is 0 Å². The number of para-hydroxylation sites is 1. The fourth-order valence-corrected chi connectivity index (χ4v) is 3.67. The predicted octanol–water partition coefficient (Wildman–Crippen LogP) is 2.83. The minimum absolute atomic E-state index is 0.585. The van der Waals surface area contributed by atoms with Crippen LogP contribution in [0.2, 0.25) is 0 Å². The third-order valence-corrected chi connectivity index (χ3v) is 4.94. The number of aromatic nitrogens is 1. The average Bonchev–Trinajstić information content (AvgIpc) is 2.94. The van der Waals surface area contributed by atoms with Crippen molar-refractivity contribution < 1.29 is 0 Å². The van der Waals surface area contributed by atoms with Gasteiger partial charge in [0.05, 0.1) is 0 Å². The lowest BCUT2D eigenvalue weighted by atomic mass is 10.1. The van der Waals surface area contributed by atoms with Crippen molar-refractivity contribution in [1.29, 1.82) is 0 Å². The molecule has 4 nitrogen and oxygen atoms in total. The summed E-state index contributed by atoms with van der Waals surface area (Å²) in [7, 11) is 0. The Morgan fingerprint density at radius 1 is 1.29 bits per heavy atom. The second kappa shape index (κ2) is 6.45. The van der Waals surface area contributed by atoms with Crippen LogP contribution < -0.4 is 10.6 Å². The van der Waals surface area contributed by atoms with Crippen LogP contribution in [0.1, 0.15) is 18.2 Å². The molecule has 0 aliphatic carbocycles. The molecule has 0 saturated carbocycles. The van der Waals surface area contributed by atoms with Gasteiger partial charge in [-0.15, -0.1) is 11.3 Å². The van der Waals surface area contributed by atoms with Crippen molar-refractivity contribution in [1.82, 2.24) is 9.88 Å². The van der Waals surface area contributed by atoms with Crippen LogP contribution in [0.4, 0.5) is 10.8 Å². The summed E-state index contributed by atoms with van der Waals surface area (Å²) >= 11 is 1.60. The molecule has 1 saturated heterocycles. The molecule has 1 atom stereocenters. The van der Waals surface area contributed by atoms with Crippen LogP contribution in [-0.4, -0.2) is 35.6 Å². The highest BCUT2D eigenvalue weighted by Gasteiger charge is 2.26. The summed E-state index contributed by atoms with van der Waals surface area (Å²) < 4.78 is 0. The lowest BCUT2D eigenvalue weighted by Gasteiger charge is -2.42. The summed E-state index contributed by atoms with van der Waals surface area (Å²) in [4.78, 5) is 10.5. The quantitative estimate of drug-likeness (QED) is 0.943. The molecule has 0 radical (unpaired) electrons. The van der Waals surface area contributed by atoms with Gasteiger partial charge in [0.2, 0.25) is 0 Å². The summed E-state index contributed by atoms with van der Waals surface area (Å²) in [6.07, 6.45) is 3.08. The maximum absolute atomic E-state index is 5.73. The molecule has 1 aromatic heterocycles. The molecule has 112 valence electrons. The molecule has 1 unspecified atom stereocenters. The van der Waals surface area contributed by atoms with Gasteiger partial charge in [-0.3, -0.25) is 4.90 Å². The molecule has 21 heavy (non-hydrogen) atoms. The molecule has 0 amide bonds. The largest absolute Gasteiger partial charge is 0.375 e. The highest BCUT2D eigenvalue weighted by Crippen LogP contribution is 2.23. The molecule has 2 aromatic rings. The maximum Gasteiger partial charge on any atom is 0.180 e. The first-order chi connectivity index (χ1) is 10.3. The fraction of sp³-hybridized carbons (Fsp3) is 0.438. The van der Waals surface area contributed by atoms with Crippen molar-refractivity contribution in [3.8, 4) is 0 Å². The van der Waals surface area contributed by atoms with Gasteiger partial charge >= 0.3 is 0 Å². The van der Waals surface area contributed by atoms with E-state index in [-0.39, 0.29) is 0 Å². The average molecular weight is 302 g/mol. The van der Waals surface area contributed by atoms with E-state index in [9.17, 15) is 0 Å². The van der Waals surface area contributed by atoms with Gasteiger partial charge in [0.15, 0.2) is 5.13 Å². The van der Waals surface area contributed by atoms with Crippen LogP contribution in [0.3, 0.4) is 0 Å². The number of nitrogen functional groups attached to an aromatic ring is 1. The number of piperazine rings is 1. The summed E-state index contributed by atoms with van der Waals surface area (Å²) in [5, 5.41) is 0.668. The Morgan fingerprint density at radius 3 is 2.76 bits per heavy atom. The molecule has 3 rings (SSSR count). The van der Waals surface area contributed by atoms with Gasteiger partial charge in [-0.25, -0.2) is 4.98 Å². The molecule has 1 aliphatic rings. The molecule has 0 spiro atoms. The Kier molecular flexibility index (Phi) is 4.41. The van der Waals surface area contributed by atoms with Crippen molar-refractivity contribution in [2.24, 2.45) is 0 Å². The monoisotopic (exact) mass is 302 g/mol. The summed E-state index contributed by atoms with van der Waals surface area (Å²) in [5.74, 6) is 0. The van der Waals surface area contributed by atoms with Crippen LogP contribution >= 0.6 is 11.3 Å². The zero-order chi connectivity index (χ0) is 14.7. The van der Waals surface area contributed by atoms with Crippen LogP contribution in [0.15, 0.2) is 36.5 Å². The zero-order valence-corrected chi connectivity index (χ0v) is 13.2. The third-order valence-electron chi connectivity index (χ3n) is 4.13. The van der Waals surface area contributed by atoms with E-state index in [1.807, 2.05) is 6.20 Å². The Bertz CT molecular complexity index is 569. The number of nitrogens with two attached hydrogens (primary N) is 1. The smallest absolute Gasteiger partial charge is 0.180 e. The SMILES string of the molecule is CCC1CN(c2ccccc2)CCN1Cc1cnc(N)s1. The number of anilines is 2. The fourth-order valence-electron chi connectivity index (χ4n) is 2.96. The van der Waals surface area contributed by atoms with Crippen molar-refractivity contribution in [2.75, 3.05) is 30.3 Å². The van der Waals surface area contributed by atoms with E-state index in [1.165, 1.54) is 10.6 Å². The zero-order valence-electron chi connectivity index (χ0n) is 12.4. The number of benzene rings is 1. The minimum atomic E-state index is 0.585. The van der Waals surface area contributed by atoms with Crippen LogP contribution in [-0.2, 0) is 6.54 Å². The molecule has 0 bridgehead atoms. The summed E-state index contributed by atoms with van der Waals surface area (Å²) in [5.41, 5.74) is 7.06. The van der Waals surface area contributed by atoms with Crippen molar-refractivity contribution in [3.63, 3.8) is 0 Å². The van der Waals surface area contributed by atoms with E-state index in [0.717, 1.165) is 32.6 Å². The summed E-state index contributed by atoms with van der Waals surface area (Å²) in [6.45, 7) is 6.50. The number of thiazole rings is 1. The van der Waals surface area contributed by atoms with E-state index in [0.29, 0.717) is 11.2 Å². The first kappa shape index (κ1) is 14.4. The third kappa shape index (κ3) is 3.36. The minimum Gasteiger partial charge on any atom is -0.375 e. The Balaban J connectivity index is 1.66. The number of hydrogen-bond acceptors (Lipinski definition) is 5. The van der Waals surface area contributed by atoms with Gasteiger partial charge in [0.25, 0.3) is 0 Å². The lowest BCUT2D eigenvalue weighted by molar-refractivity contribution is 0.165. The van der Waals surface area contributed by atoms with E-state index in [1.54, 1.807) is 11.3 Å². The van der Waals surface area contributed by atoms with Gasteiger partial charge in [0.1, 0.15) is 0 Å².